The van der Waals surface area contributed by atoms with Crippen molar-refractivity contribution in [3.05, 3.63) is 29.6 Å². The van der Waals surface area contributed by atoms with Crippen molar-refractivity contribution in [2.75, 3.05) is 25.0 Å². The van der Waals surface area contributed by atoms with Crippen molar-refractivity contribution >= 4 is 5.69 Å². The molecule has 0 aliphatic carbocycles. The van der Waals surface area contributed by atoms with E-state index < -0.39 is 0 Å². The minimum atomic E-state index is -0.125. The Labute approximate surface area is 122 Å². The molecule has 0 amide bonds. The molecule has 1 atom stereocenters. The van der Waals surface area contributed by atoms with Gasteiger partial charge in [0.15, 0.2) is 0 Å². The molecule has 0 saturated carbocycles. The third-order valence-electron chi connectivity index (χ3n) is 4.53. The first-order valence-corrected chi connectivity index (χ1v) is 7.85. The van der Waals surface area contributed by atoms with E-state index in [0.29, 0.717) is 12.0 Å². The van der Waals surface area contributed by atoms with Crippen LogP contribution >= 0.6 is 0 Å². The maximum Gasteiger partial charge on any atom is 0.128 e. The molecule has 3 heteroatoms. The molecule has 0 bridgehead atoms. The van der Waals surface area contributed by atoms with E-state index >= 15 is 0 Å². The highest BCUT2D eigenvalue weighted by Gasteiger charge is 2.23. The molecule has 20 heavy (non-hydrogen) atoms. The zero-order valence-electron chi connectivity index (χ0n) is 13.0. The lowest BCUT2D eigenvalue weighted by Crippen LogP contribution is -2.39. The third-order valence-corrected chi connectivity index (χ3v) is 4.53. The van der Waals surface area contributed by atoms with Gasteiger partial charge in [-0.15, -0.1) is 0 Å². The predicted octanol–water partition coefficient (Wildman–Crippen LogP) is 4.06. The number of rotatable bonds is 5. The Hall–Kier alpha value is -1.09. The van der Waals surface area contributed by atoms with Gasteiger partial charge in [-0.2, -0.15) is 0 Å². The second-order valence-electron chi connectivity index (χ2n) is 6.02. The van der Waals surface area contributed by atoms with Crippen molar-refractivity contribution < 1.29 is 4.39 Å². The highest BCUT2D eigenvalue weighted by molar-refractivity contribution is 5.51. The molecular weight excluding hydrogens is 251 g/mol. The lowest BCUT2D eigenvalue weighted by Gasteiger charge is -2.35. The van der Waals surface area contributed by atoms with Gasteiger partial charge in [0.25, 0.3) is 0 Å². The fourth-order valence-electron chi connectivity index (χ4n) is 3.12. The maximum atomic E-state index is 13.6. The molecule has 1 aromatic carbocycles. The van der Waals surface area contributed by atoms with Gasteiger partial charge < -0.3 is 10.2 Å². The first kappa shape index (κ1) is 15.3. The third kappa shape index (κ3) is 3.72. The van der Waals surface area contributed by atoms with Gasteiger partial charge in [0, 0.05) is 17.3 Å². The molecule has 1 aromatic rings. The predicted molar refractivity (Wildman–Crippen MR) is 83.7 cm³/mol. The van der Waals surface area contributed by atoms with Crippen LogP contribution in [-0.2, 0) is 0 Å². The number of piperidine rings is 1. The molecule has 1 saturated heterocycles. The van der Waals surface area contributed by atoms with Crippen molar-refractivity contribution in [3.63, 3.8) is 0 Å². The van der Waals surface area contributed by atoms with Crippen molar-refractivity contribution in [2.45, 2.75) is 46.1 Å². The van der Waals surface area contributed by atoms with E-state index in [1.54, 1.807) is 6.07 Å². The van der Waals surface area contributed by atoms with Crippen molar-refractivity contribution in [1.82, 2.24) is 4.90 Å². The smallest absolute Gasteiger partial charge is 0.128 e. The zero-order chi connectivity index (χ0) is 14.5. The van der Waals surface area contributed by atoms with Crippen LogP contribution in [0, 0.1) is 18.7 Å². The van der Waals surface area contributed by atoms with Crippen LogP contribution in [0.4, 0.5) is 10.1 Å². The van der Waals surface area contributed by atoms with E-state index in [2.05, 4.69) is 24.1 Å². The lowest BCUT2D eigenvalue weighted by atomic mass is 9.90. The Morgan fingerprint density at radius 1 is 1.35 bits per heavy atom. The van der Waals surface area contributed by atoms with E-state index in [1.165, 1.54) is 45.0 Å². The van der Waals surface area contributed by atoms with Crippen LogP contribution < -0.4 is 5.32 Å². The average Bonchev–Trinajstić information content (AvgIpc) is 2.45. The summed E-state index contributed by atoms with van der Waals surface area (Å²) in [5, 5.41) is 3.51. The number of benzene rings is 1. The van der Waals surface area contributed by atoms with Crippen LogP contribution in [0.15, 0.2) is 18.2 Å². The van der Waals surface area contributed by atoms with Crippen molar-refractivity contribution in [3.8, 4) is 0 Å². The number of likely N-dealkylation sites (tertiary alicyclic amines) is 1. The fraction of sp³-hybridized carbons (Fsp3) is 0.647. The van der Waals surface area contributed by atoms with Gasteiger partial charge in [0.1, 0.15) is 5.82 Å². The molecule has 0 radical (unpaired) electrons. The molecule has 1 fully saturated rings. The molecule has 1 N–H and O–H groups in total. The lowest BCUT2D eigenvalue weighted by molar-refractivity contribution is 0.176. The summed E-state index contributed by atoms with van der Waals surface area (Å²) < 4.78 is 13.6. The summed E-state index contributed by atoms with van der Waals surface area (Å²) in [4.78, 5) is 2.55. The molecule has 2 rings (SSSR count). The molecule has 1 aliphatic rings. The van der Waals surface area contributed by atoms with Gasteiger partial charge in [-0.1, -0.05) is 13.0 Å². The molecule has 112 valence electrons. The second kappa shape index (κ2) is 7.07. The van der Waals surface area contributed by atoms with Crippen LogP contribution in [0.25, 0.3) is 0 Å². The molecule has 1 unspecified atom stereocenters. The minimum Gasteiger partial charge on any atom is -0.382 e. The van der Waals surface area contributed by atoms with Gasteiger partial charge in [0.05, 0.1) is 0 Å². The first-order valence-electron chi connectivity index (χ1n) is 7.85. The van der Waals surface area contributed by atoms with Gasteiger partial charge >= 0.3 is 0 Å². The summed E-state index contributed by atoms with van der Waals surface area (Å²) >= 11 is 0. The maximum absolute atomic E-state index is 13.6. The molecule has 1 aliphatic heterocycles. The molecular formula is C17H27FN2. The number of nitrogens with one attached hydrogen (secondary N) is 1. The zero-order valence-corrected chi connectivity index (χ0v) is 13.0. The van der Waals surface area contributed by atoms with Crippen LogP contribution in [-0.4, -0.2) is 30.6 Å². The summed E-state index contributed by atoms with van der Waals surface area (Å²) in [6.07, 6.45) is 3.71. The topological polar surface area (TPSA) is 15.3 Å². The molecule has 0 spiro atoms. The van der Waals surface area contributed by atoms with E-state index in [0.717, 1.165) is 11.3 Å². The Morgan fingerprint density at radius 2 is 2.05 bits per heavy atom. The summed E-state index contributed by atoms with van der Waals surface area (Å²) in [5.74, 6) is 0.561. The van der Waals surface area contributed by atoms with Gasteiger partial charge in [0.2, 0.25) is 0 Å². The van der Waals surface area contributed by atoms with Crippen LogP contribution in [0.5, 0.6) is 0 Å². The molecule has 0 aromatic heterocycles. The Morgan fingerprint density at radius 3 is 2.70 bits per heavy atom. The first-order chi connectivity index (χ1) is 9.61. The Balaban J connectivity index is 1.89. The summed E-state index contributed by atoms with van der Waals surface area (Å²) in [6, 6.07) is 5.68. The Bertz CT molecular complexity index is 425. The van der Waals surface area contributed by atoms with Gasteiger partial charge in [-0.05, 0) is 70.8 Å². The summed E-state index contributed by atoms with van der Waals surface area (Å²) in [6.45, 7) is 9.93. The second-order valence-corrected chi connectivity index (χ2v) is 6.02. The number of hydrogen-bond donors (Lipinski definition) is 1. The largest absolute Gasteiger partial charge is 0.382 e. The van der Waals surface area contributed by atoms with Crippen molar-refractivity contribution in [1.29, 1.82) is 0 Å². The quantitative estimate of drug-likeness (QED) is 0.874. The van der Waals surface area contributed by atoms with E-state index in [9.17, 15) is 4.39 Å². The normalized spacial score (nSPS) is 19.0. The molecule has 2 nitrogen and oxygen atoms in total. The average molecular weight is 278 g/mol. The standard InChI is InChI=1S/C17H27FN2/c1-4-10-20-11-8-15(9-12-20)14(3)19-17-7-5-6-16(18)13(17)2/h5-7,14-15,19H,4,8-12H2,1-3H3. The van der Waals surface area contributed by atoms with E-state index in [4.69, 9.17) is 0 Å². The summed E-state index contributed by atoms with van der Waals surface area (Å²) in [7, 11) is 0. The number of hydrogen-bond acceptors (Lipinski definition) is 2. The SMILES string of the molecule is CCCN1CCC(C(C)Nc2cccc(F)c2C)CC1. The number of anilines is 1. The van der Waals surface area contributed by atoms with Gasteiger partial charge in [-0.3, -0.25) is 0 Å². The van der Waals surface area contributed by atoms with Gasteiger partial charge in [-0.25, -0.2) is 4.39 Å². The molecule has 1 heterocycles. The fourth-order valence-corrected chi connectivity index (χ4v) is 3.12. The van der Waals surface area contributed by atoms with Crippen LogP contribution in [0.3, 0.4) is 0 Å². The van der Waals surface area contributed by atoms with Crippen LogP contribution in [0.2, 0.25) is 0 Å². The van der Waals surface area contributed by atoms with Crippen molar-refractivity contribution in [2.24, 2.45) is 5.92 Å². The van der Waals surface area contributed by atoms with E-state index in [1.807, 2.05) is 13.0 Å². The Kier molecular flexibility index (Phi) is 5.41. The number of nitrogens with zero attached hydrogens (tertiary/aromatic N) is 1. The highest BCUT2D eigenvalue weighted by atomic mass is 19.1. The van der Waals surface area contributed by atoms with Crippen LogP contribution in [0.1, 0.15) is 38.7 Å². The van der Waals surface area contributed by atoms with E-state index in [-0.39, 0.29) is 5.82 Å². The highest BCUT2D eigenvalue weighted by Crippen LogP contribution is 2.25. The minimum absolute atomic E-state index is 0.125. The monoisotopic (exact) mass is 278 g/mol. The summed E-state index contributed by atoms with van der Waals surface area (Å²) in [5.41, 5.74) is 1.66. The number of halogens is 1.